The number of carbonyl (C=O) groups excluding carboxylic acids is 1. The van der Waals surface area contributed by atoms with Crippen LogP contribution in [0, 0.1) is 12.8 Å². The highest BCUT2D eigenvalue weighted by Crippen LogP contribution is 2.20. The first kappa shape index (κ1) is 17.2. The Hall–Kier alpha value is -2.67. The topological polar surface area (TPSA) is 88.2 Å². The Morgan fingerprint density at radius 3 is 2.68 bits per heavy atom. The van der Waals surface area contributed by atoms with Gasteiger partial charge >= 0.3 is 0 Å². The van der Waals surface area contributed by atoms with Crippen LogP contribution in [-0.4, -0.2) is 35.6 Å². The molecule has 0 radical (unpaired) electrons. The highest BCUT2D eigenvalue weighted by Gasteiger charge is 2.23. The number of rotatable bonds is 6. The van der Waals surface area contributed by atoms with E-state index in [0.717, 1.165) is 35.9 Å². The van der Waals surface area contributed by atoms with E-state index in [0.29, 0.717) is 19.2 Å². The molecular weight excluding hydrogens is 318 g/mol. The van der Waals surface area contributed by atoms with Crippen molar-refractivity contribution in [3.63, 3.8) is 0 Å². The second-order valence-corrected chi connectivity index (χ2v) is 6.00. The van der Waals surface area contributed by atoms with E-state index in [1.165, 1.54) is 0 Å². The lowest BCUT2D eigenvalue weighted by Crippen LogP contribution is -2.22. The first-order valence-corrected chi connectivity index (χ1v) is 8.49. The number of aromatic nitrogens is 2. The molecule has 0 bridgehead atoms. The molecule has 3 N–H and O–H groups in total. The number of aryl methyl sites for hydroxylation is 1. The molecule has 7 nitrogen and oxygen atoms in total. The standard InChI is InChI=1S/C18H23N5O2/c1-3-19-18-20-12(2)10-16(23-18)21-14-4-6-15(7-5-14)22-17(24)13-8-9-25-11-13/h4-7,10,13H,3,8-9,11H2,1-2H3,(H,22,24)(H2,19,20,21,23). The lowest BCUT2D eigenvalue weighted by atomic mass is 10.1. The van der Waals surface area contributed by atoms with Gasteiger partial charge in [-0.15, -0.1) is 0 Å². The van der Waals surface area contributed by atoms with Gasteiger partial charge in [-0.3, -0.25) is 4.79 Å². The third-order valence-electron chi connectivity index (χ3n) is 3.91. The van der Waals surface area contributed by atoms with Gasteiger partial charge in [0.2, 0.25) is 11.9 Å². The van der Waals surface area contributed by atoms with Crippen molar-refractivity contribution in [2.45, 2.75) is 20.3 Å². The van der Waals surface area contributed by atoms with Crippen LogP contribution < -0.4 is 16.0 Å². The van der Waals surface area contributed by atoms with E-state index in [4.69, 9.17) is 4.74 Å². The highest BCUT2D eigenvalue weighted by molar-refractivity contribution is 5.93. The summed E-state index contributed by atoms with van der Waals surface area (Å²) in [5.41, 5.74) is 2.55. The fraction of sp³-hybridized carbons (Fsp3) is 0.389. The molecule has 132 valence electrons. The van der Waals surface area contributed by atoms with E-state index >= 15 is 0 Å². The zero-order valence-electron chi connectivity index (χ0n) is 14.5. The van der Waals surface area contributed by atoms with Gasteiger partial charge in [0, 0.05) is 36.3 Å². The number of hydrogen-bond acceptors (Lipinski definition) is 6. The van der Waals surface area contributed by atoms with Crippen molar-refractivity contribution in [2.75, 3.05) is 35.7 Å². The van der Waals surface area contributed by atoms with Gasteiger partial charge in [0.05, 0.1) is 12.5 Å². The van der Waals surface area contributed by atoms with Gasteiger partial charge in [-0.1, -0.05) is 0 Å². The molecule has 3 rings (SSSR count). The number of nitrogens with zero attached hydrogens (tertiary/aromatic N) is 2. The summed E-state index contributed by atoms with van der Waals surface area (Å²) in [6, 6.07) is 9.44. The van der Waals surface area contributed by atoms with Crippen LogP contribution in [-0.2, 0) is 9.53 Å². The van der Waals surface area contributed by atoms with Gasteiger partial charge in [-0.05, 0) is 44.5 Å². The number of ether oxygens (including phenoxy) is 1. The first-order valence-electron chi connectivity index (χ1n) is 8.49. The molecule has 1 aromatic carbocycles. The number of hydrogen-bond donors (Lipinski definition) is 3. The van der Waals surface area contributed by atoms with Crippen LogP contribution in [0.25, 0.3) is 0 Å². The normalized spacial score (nSPS) is 16.5. The molecule has 0 spiro atoms. The van der Waals surface area contributed by atoms with Gasteiger partial charge in [-0.25, -0.2) is 4.98 Å². The maximum absolute atomic E-state index is 12.1. The zero-order chi connectivity index (χ0) is 17.6. The molecule has 2 aromatic rings. The smallest absolute Gasteiger partial charge is 0.229 e. The van der Waals surface area contributed by atoms with Crippen molar-refractivity contribution < 1.29 is 9.53 Å². The van der Waals surface area contributed by atoms with Crippen LogP contribution in [0.1, 0.15) is 19.0 Å². The van der Waals surface area contributed by atoms with E-state index in [-0.39, 0.29) is 11.8 Å². The minimum Gasteiger partial charge on any atom is -0.381 e. The number of carbonyl (C=O) groups is 1. The van der Waals surface area contributed by atoms with Crippen LogP contribution in [0.2, 0.25) is 0 Å². The van der Waals surface area contributed by atoms with E-state index in [1.807, 2.05) is 44.2 Å². The van der Waals surface area contributed by atoms with Crippen LogP contribution in [0.3, 0.4) is 0 Å². The summed E-state index contributed by atoms with van der Waals surface area (Å²) in [5.74, 6) is 1.29. The number of anilines is 4. The molecule has 0 aliphatic carbocycles. The average Bonchev–Trinajstić information content (AvgIpc) is 3.11. The van der Waals surface area contributed by atoms with Crippen molar-refractivity contribution in [1.29, 1.82) is 0 Å². The van der Waals surface area contributed by atoms with E-state index in [1.54, 1.807) is 0 Å². The fourth-order valence-electron chi connectivity index (χ4n) is 2.64. The molecule has 25 heavy (non-hydrogen) atoms. The monoisotopic (exact) mass is 341 g/mol. The van der Waals surface area contributed by atoms with Crippen molar-refractivity contribution in [3.05, 3.63) is 36.0 Å². The van der Waals surface area contributed by atoms with Gasteiger partial charge in [0.25, 0.3) is 0 Å². The molecule has 1 fully saturated rings. The first-order chi connectivity index (χ1) is 12.1. The van der Waals surface area contributed by atoms with Crippen molar-refractivity contribution in [1.82, 2.24) is 9.97 Å². The minimum absolute atomic E-state index is 0.0138. The van der Waals surface area contributed by atoms with Crippen LogP contribution in [0.4, 0.5) is 23.1 Å². The van der Waals surface area contributed by atoms with Crippen LogP contribution in [0.5, 0.6) is 0 Å². The average molecular weight is 341 g/mol. The largest absolute Gasteiger partial charge is 0.381 e. The van der Waals surface area contributed by atoms with Gasteiger partial charge in [0.15, 0.2) is 0 Å². The Morgan fingerprint density at radius 1 is 1.24 bits per heavy atom. The van der Waals surface area contributed by atoms with Gasteiger partial charge in [-0.2, -0.15) is 4.98 Å². The van der Waals surface area contributed by atoms with Crippen molar-refractivity contribution in [3.8, 4) is 0 Å². The molecule has 1 amide bonds. The Labute approximate surface area is 147 Å². The number of nitrogens with one attached hydrogen (secondary N) is 3. The summed E-state index contributed by atoms with van der Waals surface area (Å²) in [6.45, 7) is 5.87. The Kier molecular flexibility index (Phi) is 5.45. The van der Waals surface area contributed by atoms with E-state index in [9.17, 15) is 4.79 Å². The van der Waals surface area contributed by atoms with Crippen molar-refractivity contribution >= 4 is 29.0 Å². The van der Waals surface area contributed by atoms with E-state index in [2.05, 4.69) is 25.9 Å². The zero-order valence-corrected chi connectivity index (χ0v) is 14.5. The maximum Gasteiger partial charge on any atom is 0.229 e. The molecule has 1 saturated heterocycles. The summed E-state index contributed by atoms with van der Waals surface area (Å²) < 4.78 is 5.25. The van der Waals surface area contributed by atoms with Crippen molar-refractivity contribution in [2.24, 2.45) is 5.92 Å². The van der Waals surface area contributed by atoms with E-state index < -0.39 is 0 Å². The summed E-state index contributed by atoms with van der Waals surface area (Å²) in [6.07, 6.45) is 0.784. The molecule has 2 heterocycles. The predicted molar refractivity (Wildman–Crippen MR) is 98.2 cm³/mol. The maximum atomic E-state index is 12.1. The summed E-state index contributed by atoms with van der Waals surface area (Å²) in [5, 5.41) is 9.29. The minimum atomic E-state index is -0.0497. The lowest BCUT2D eigenvalue weighted by Gasteiger charge is -2.11. The fourth-order valence-corrected chi connectivity index (χ4v) is 2.64. The van der Waals surface area contributed by atoms with Crippen LogP contribution in [0.15, 0.2) is 30.3 Å². The molecule has 7 heteroatoms. The third-order valence-corrected chi connectivity index (χ3v) is 3.91. The summed E-state index contributed by atoms with van der Waals surface area (Å²) in [4.78, 5) is 20.9. The Morgan fingerprint density at radius 2 is 2.00 bits per heavy atom. The van der Waals surface area contributed by atoms with Crippen LogP contribution >= 0.6 is 0 Å². The predicted octanol–water partition coefficient (Wildman–Crippen LogP) is 2.94. The number of amides is 1. The second-order valence-electron chi connectivity index (χ2n) is 6.00. The molecule has 0 saturated carbocycles. The van der Waals surface area contributed by atoms with Gasteiger partial charge < -0.3 is 20.7 Å². The highest BCUT2D eigenvalue weighted by atomic mass is 16.5. The molecule has 1 atom stereocenters. The molecule has 1 aliphatic heterocycles. The van der Waals surface area contributed by atoms with Gasteiger partial charge in [0.1, 0.15) is 5.82 Å². The SMILES string of the molecule is CCNc1nc(C)cc(Nc2ccc(NC(=O)C3CCOC3)cc2)n1. The molecular formula is C18H23N5O2. The third kappa shape index (κ3) is 4.67. The Balaban J connectivity index is 1.63. The lowest BCUT2D eigenvalue weighted by molar-refractivity contribution is -0.119. The quantitative estimate of drug-likeness (QED) is 0.749. The summed E-state index contributed by atoms with van der Waals surface area (Å²) >= 11 is 0. The molecule has 1 unspecified atom stereocenters. The Bertz CT molecular complexity index is 727. The number of benzene rings is 1. The molecule has 1 aliphatic rings. The summed E-state index contributed by atoms with van der Waals surface area (Å²) in [7, 11) is 0. The second kappa shape index (κ2) is 7.94. The molecule has 1 aromatic heterocycles.